The molecule has 0 aliphatic rings. The molecule has 4 nitrogen and oxygen atoms in total. The van der Waals surface area contributed by atoms with E-state index in [9.17, 15) is 15.0 Å². The first-order valence-corrected chi connectivity index (χ1v) is 7.37. The summed E-state index contributed by atoms with van der Waals surface area (Å²) < 4.78 is 4.97. The minimum atomic E-state index is -2.35. The van der Waals surface area contributed by atoms with Gasteiger partial charge in [-0.05, 0) is 27.2 Å². The van der Waals surface area contributed by atoms with Gasteiger partial charge in [-0.2, -0.15) is 0 Å². The molecule has 0 aromatic carbocycles. The minimum absolute atomic E-state index is 0.0374. The molecule has 0 rings (SSSR count). The Morgan fingerprint density at radius 1 is 0.947 bits per heavy atom. The quantitative estimate of drug-likeness (QED) is 0.385. The van der Waals surface area contributed by atoms with E-state index in [0.29, 0.717) is 6.42 Å². The normalized spacial score (nSPS) is 12.5. The molecule has 0 aromatic heterocycles. The predicted octanol–water partition coefficient (Wildman–Crippen LogP) is 3.15. The van der Waals surface area contributed by atoms with Crippen molar-refractivity contribution in [3.8, 4) is 0 Å². The molecular weight excluding hydrogens is 244 g/mol. The highest BCUT2D eigenvalue weighted by atomic mass is 16.6. The fourth-order valence-electron chi connectivity index (χ4n) is 1.79. The summed E-state index contributed by atoms with van der Waals surface area (Å²) >= 11 is 0. The van der Waals surface area contributed by atoms with E-state index in [2.05, 4.69) is 6.92 Å². The summed E-state index contributed by atoms with van der Waals surface area (Å²) in [6, 6.07) is 0. The number of hydrogen-bond donors (Lipinski definition) is 2. The second-order valence-corrected chi connectivity index (χ2v) is 6.19. The molecule has 114 valence electrons. The molecule has 0 saturated carbocycles. The van der Waals surface area contributed by atoms with Crippen LogP contribution in [0.2, 0.25) is 0 Å². The Morgan fingerprint density at radius 3 is 1.89 bits per heavy atom. The van der Waals surface area contributed by atoms with Crippen LogP contribution in [0.25, 0.3) is 0 Å². The third kappa shape index (κ3) is 9.91. The van der Waals surface area contributed by atoms with Crippen LogP contribution in [0.15, 0.2) is 0 Å². The van der Waals surface area contributed by atoms with Gasteiger partial charge >= 0.3 is 5.97 Å². The lowest BCUT2D eigenvalue weighted by atomic mass is 10.0. The van der Waals surface area contributed by atoms with Crippen LogP contribution in [0.5, 0.6) is 0 Å². The summed E-state index contributed by atoms with van der Waals surface area (Å²) in [6.45, 7) is 7.28. The van der Waals surface area contributed by atoms with Crippen molar-refractivity contribution in [1.82, 2.24) is 0 Å². The van der Waals surface area contributed by atoms with Crippen molar-refractivity contribution in [3.05, 3.63) is 0 Å². The summed E-state index contributed by atoms with van der Waals surface area (Å²) in [6.07, 6.45) is 7.51. The summed E-state index contributed by atoms with van der Waals surface area (Å²) in [5.41, 5.74) is -0.700. The smallest absolute Gasteiger partial charge is 0.366 e. The van der Waals surface area contributed by atoms with Gasteiger partial charge in [0.1, 0.15) is 5.60 Å². The van der Waals surface area contributed by atoms with Crippen molar-refractivity contribution in [2.24, 2.45) is 0 Å². The second-order valence-electron chi connectivity index (χ2n) is 6.19. The van der Waals surface area contributed by atoms with E-state index < -0.39 is 17.4 Å². The maximum atomic E-state index is 11.6. The van der Waals surface area contributed by atoms with Crippen molar-refractivity contribution in [2.75, 3.05) is 0 Å². The Hall–Kier alpha value is -0.610. The highest BCUT2D eigenvalue weighted by Crippen LogP contribution is 2.19. The molecule has 0 heterocycles. The van der Waals surface area contributed by atoms with Gasteiger partial charge < -0.3 is 14.9 Å². The fourth-order valence-corrected chi connectivity index (χ4v) is 1.79. The van der Waals surface area contributed by atoms with Crippen molar-refractivity contribution >= 4 is 5.97 Å². The lowest BCUT2D eigenvalue weighted by molar-refractivity contribution is -0.221. The predicted molar refractivity (Wildman–Crippen MR) is 75.6 cm³/mol. The van der Waals surface area contributed by atoms with Crippen LogP contribution in [-0.2, 0) is 9.53 Å². The van der Waals surface area contributed by atoms with E-state index in [-0.39, 0.29) is 6.42 Å². The van der Waals surface area contributed by atoms with Crippen LogP contribution < -0.4 is 0 Å². The van der Waals surface area contributed by atoms with E-state index in [4.69, 9.17) is 4.74 Å². The SMILES string of the molecule is CCCCCCCCCC(O)(O)C(=O)OC(C)(C)C. The van der Waals surface area contributed by atoms with Gasteiger partial charge in [-0.15, -0.1) is 0 Å². The van der Waals surface area contributed by atoms with Gasteiger partial charge in [-0.25, -0.2) is 4.79 Å². The molecular formula is C15H30O4. The van der Waals surface area contributed by atoms with Crippen LogP contribution in [-0.4, -0.2) is 27.6 Å². The molecule has 0 spiro atoms. The van der Waals surface area contributed by atoms with Crippen molar-refractivity contribution in [2.45, 2.75) is 90.4 Å². The molecule has 0 bridgehead atoms. The summed E-state index contributed by atoms with van der Waals surface area (Å²) in [4.78, 5) is 11.6. The average Bonchev–Trinajstić information content (AvgIpc) is 2.25. The van der Waals surface area contributed by atoms with Crippen LogP contribution >= 0.6 is 0 Å². The number of hydrogen-bond acceptors (Lipinski definition) is 4. The minimum Gasteiger partial charge on any atom is -0.456 e. The zero-order valence-electron chi connectivity index (χ0n) is 12.9. The van der Waals surface area contributed by atoms with Crippen LogP contribution in [0.4, 0.5) is 0 Å². The largest absolute Gasteiger partial charge is 0.456 e. The monoisotopic (exact) mass is 274 g/mol. The second kappa shape index (κ2) is 8.54. The summed E-state index contributed by atoms with van der Waals surface area (Å²) in [5, 5.41) is 19.3. The van der Waals surface area contributed by atoms with Crippen molar-refractivity contribution < 1.29 is 19.7 Å². The van der Waals surface area contributed by atoms with Gasteiger partial charge in [0.25, 0.3) is 5.79 Å². The van der Waals surface area contributed by atoms with Gasteiger partial charge in [0.15, 0.2) is 0 Å². The molecule has 2 N–H and O–H groups in total. The third-order valence-corrected chi connectivity index (χ3v) is 2.85. The number of carbonyl (C=O) groups is 1. The molecule has 0 aromatic rings. The van der Waals surface area contributed by atoms with E-state index in [1.807, 2.05) is 0 Å². The molecule has 0 amide bonds. The zero-order valence-corrected chi connectivity index (χ0v) is 12.9. The van der Waals surface area contributed by atoms with Crippen LogP contribution in [0, 0.1) is 0 Å². The Kier molecular flexibility index (Phi) is 8.26. The van der Waals surface area contributed by atoms with E-state index in [1.165, 1.54) is 25.7 Å². The molecule has 0 saturated heterocycles. The fraction of sp³-hybridized carbons (Fsp3) is 0.933. The van der Waals surface area contributed by atoms with Crippen molar-refractivity contribution in [3.63, 3.8) is 0 Å². The molecule has 0 unspecified atom stereocenters. The molecule has 0 aliphatic carbocycles. The van der Waals surface area contributed by atoms with Gasteiger partial charge in [0, 0.05) is 6.42 Å². The zero-order chi connectivity index (χ0) is 14.9. The van der Waals surface area contributed by atoms with E-state index in [1.54, 1.807) is 20.8 Å². The molecule has 0 fully saturated rings. The first kappa shape index (κ1) is 18.4. The Labute approximate surface area is 117 Å². The van der Waals surface area contributed by atoms with Gasteiger partial charge in [-0.1, -0.05) is 45.4 Å². The average molecular weight is 274 g/mol. The number of unbranched alkanes of at least 4 members (excludes halogenated alkanes) is 6. The number of carbonyl (C=O) groups excluding carboxylic acids is 1. The first-order valence-electron chi connectivity index (χ1n) is 7.37. The maximum absolute atomic E-state index is 11.6. The van der Waals surface area contributed by atoms with Crippen LogP contribution in [0.1, 0.15) is 79.1 Å². The molecule has 4 heteroatoms. The Morgan fingerprint density at radius 2 is 1.42 bits per heavy atom. The molecule has 0 atom stereocenters. The van der Waals surface area contributed by atoms with E-state index >= 15 is 0 Å². The maximum Gasteiger partial charge on any atom is 0.366 e. The number of esters is 1. The highest BCUT2D eigenvalue weighted by molar-refractivity contribution is 5.77. The standard InChI is InChI=1S/C15H30O4/c1-5-6-7-8-9-10-11-12-15(17,18)13(16)19-14(2,3)4/h17-18H,5-12H2,1-4H3. The first-order chi connectivity index (χ1) is 8.69. The lowest BCUT2D eigenvalue weighted by Crippen LogP contribution is -2.43. The Bertz CT molecular complexity index is 253. The lowest BCUT2D eigenvalue weighted by Gasteiger charge is -2.26. The summed E-state index contributed by atoms with van der Waals surface area (Å²) in [5.74, 6) is -3.30. The van der Waals surface area contributed by atoms with E-state index in [0.717, 1.165) is 12.8 Å². The molecule has 19 heavy (non-hydrogen) atoms. The van der Waals surface area contributed by atoms with Crippen molar-refractivity contribution in [1.29, 1.82) is 0 Å². The molecule has 0 radical (unpaired) electrons. The van der Waals surface area contributed by atoms with Gasteiger partial charge in [0.2, 0.25) is 0 Å². The number of ether oxygens (including phenoxy) is 1. The number of aliphatic hydroxyl groups is 2. The third-order valence-electron chi connectivity index (χ3n) is 2.85. The number of rotatable bonds is 9. The summed E-state index contributed by atoms with van der Waals surface area (Å²) in [7, 11) is 0. The van der Waals surface area contributed by atoms with Gasteiger partial charge in [-0.3, -0.25) is 0 Å². The highest BCUT2D eigenvalue weighted by Gasteiger charge is 2.36. The molecule has 0 aliphatic heterocycles. The van der Waals surface area contributed by atoms with Crippen LogP contribution in [0.3, 0.4) is 0 Å². The topological polar surface area (TPSA) is 66.8 Å². The Balaban J connectivity index is 3.81. The van der Waals surface area contributed by atoms with Gasteiger partial charge in [0.05, 0.1) is 0 Å².